The van der Waals surface area contributed by atoms with Crippen LogP contribution in [0.4, 0.5) is 5.13 Å². The van der Waals surface area contributed by atoms with Gasteiger partial charge < -0.3 is 9.47 Å². The van der Waals surface area contributed by atoms with E-state index >= 15 is 0 Å². The lowest BCUT2D eigenvalue weighted by Crippen LogP contribution is -2.02. The Morgan fingerprint density at radius 2 is 2.00 bits per heavy atom. The van der Waals surface area contributed by atoms with Gasteiger partial charge >= 0.3 is 0 Å². The van der Waals surface area contributed by atoms with Gasteiger partial charge in [-0.05, 0) is 24.1 Å². The summed E-state index contributed by atoms with van der Waals surface area (Å²) in [5, 5.41) is 7.05. The lowest BCUT2D eigenvalue weighted by atomic mass is 10.1. The molecule has 3 aromatic rings. The maximum Gasteiger partial charge on any atom is 0.203 e. The minimum absolute atomic E-state index is 0.406. The maximum atomic E-state index is 5.78. The van der Waals surface area contributed by atoms with Gasteiger partial charge in [0.05, 0.1) is 19.0 Å². The zero-order chi connectivity index (χ0) is 20.5. The van der Waals surface area contributed by atoms with E-state index in [0.29, 0.717) is 24.5 Å². The Kier molecular flexibility index (Phi) is 7.19. The molecule has 0 bridgehead atoms. The third-order valence-electron chi connectivity index (χ3n) is 4.03. The van der Waals surface area contributed by atoms with Gasteiger partial charge in [-0.3, -0.25) is 5.43 Å². The van der Waals surface area contributed by atoms with E-state index in [-0.39, 0.29) is 0 Å². The molecule has 29 heavy (non-hydrogen) atoms. The number of hydrogen-bond donors (Lipinski definition) is 1. The number of allylic oxidation sites excluding steroid dienone is 1. The Labute approximate surface area is 175 Å². The van der Waals surface area contributed by atoms with E-state index < -0.39 is 0 Å². The van der Waals surface area contributed by atoms with Gasteiger partial charge in [-0.25, -0.2) is 4.98 Å². The first-order valence-corrected chi connectivity index (χ1v) is 9.98. The Hall–Kier alpha value is -3.38. The highest BCUT2D eigenvalue weighted by atomic mass is 32.1. The van der Waals surface area contributed by atoms with Crippen molar-refractivity contribution in [3.05, 3.63) is 84.3 Å². The molecule has 0 radical (unpaired) electrons. The van der Waals surface area contributed by atoms with Crippen LogP contribution >= 0.6 is 11.3 Å². The van der Waals surface area contributed by atoms with Crippen molar-refractivity contribution < 1.29 is 9.47 Å². The molecule has 2 aromatic carbocycles. The van der Waals surface area contributed by atoms with Crippen molar-refractivity contribution in [1.82, 2.24) is 4.98 Å². The van der Waals surface area contributed by atoms with Crippen LogP contribution in [0, 0.1) is 0 Å². The molecule has 148 valence electrons. The molecule has 0 amide bonds. The van der Waals surface area contributed by atoms with Gasteiger partial charge in [0.2, 0.25) is 5.13 Å². The first kappa shape index (κ1) is 20.4. The molecule has 0 aliphatic rings. The number of anilines is 1. The van der Waals surface area contributed by atoms with Crippen molar-refractivity contribution in [2.24, 2.45) is 5.10 Å². The van der Waals surface area contributed by atoms with Crippen LogP contribution in [0.2, 0.25) is 0 Å². The lowest BCUT2D eigenvalue weighted by molar-refractivity contribution is 0.323. The highest BCUT2D eigenvalue weighted by Crippen LogP contribution is 2.33. The monoisotopic (exact) mass is 405 g/mol. The Morgan fingerprint density at radius 3 is 2.72 bits per heavy atom. The Morgan fingerprint density at radius 1 is 1.17 bits per heavy atom. The van der Waals surface area contributed by atoms with Gasteiger partial charge in [0.15, 0.2) is 11.5 Å². The van der Waals surface area contributed by atoms with E-state index in [2.05, 4.69) is 28.7 Å². The number of benzene rings is 2. The number of rotatable bonds is 10. The third-order valence-corrected chi connectivity index (χ3v) is 4.78. The van der Waals surface area contributed by atoms with Crippen molar-refractivity contribution in [3.63, 3.8) is 0 Å². The maximum absolute atomic E-state index is 5.78. The van der Waals surface area contributed by atoms with Crippen molar-refractivity contribution >= 4 is 22.7 Å². The molecule has 3 rings (SSSR count). The van der Waals surface area contributed by atoms with Crippen LogP contribution in [0.25, 0.3) is 11.3 Å². The number of hydrazone groups is 1. The fraction of sp³-hybridized carbons (Fsp3) is 0.130. The molecule has 0 saturated heterocycles. The summed E-state index contributed by atoms with van der Waals surface area (Å²) in [4.78, 5) is 4.57. The van der Waals surface area contributed by atoms with Gasteiger partial charge in [-0.15, -0.1) is 17.9 Å². The number of thiazole rings is 1. The summed E-state index contributed by atoms with van der Waals surface area (Å²) in [7, 11) is 1.62. The summed E-state index contributed by atoms with van der Waals surface area (Å²) in [6, 6.07) is 13.9. The molecule has 0 aliphatic heterocycles. The molecule has 0 fully saturated rings. The molecular weight excluding hydrogens is 382 g/mol. The summed E-state index contributed by atoms with van der Waals surface area (Å²) >= 11 is 1.51. The van der Waals surface area contributed by atoms with Crippen LogP contribution < -0.4 is 14.9 Å². The van der Waals surface area contributed by atoms with Gasteiger partial charge in [-0.1, -0.05) is 49.1 Å². The number of aromatic nitrogens is 1. The fourth-order valence-electron chi connectivity index (χ4n) is 2.75. The van der Waals surface area contributed by atoms with E-state index in [1.54, 1.807) is 19.4 Å². The number of nitrogens with one attached hydrogen (secondary N) is 1. The summed E-state index contributed by atoms with van der Waals surface area (Å²) < 4.78 is 11.3. The SMILES string of the molecule is C=CCOc1c(CC=C)cc(C=NNc2nc(-c3ccccc3)cs2)cc1OC. The minimum Gasteiger partial charge on any atom is -0.493 e. The largest absolute Gasteiger partial charge is 0.493 e. The second-order valence-corrected chi connectivity index (χ2v) is 6.94. The molecule has 0 unspecified atom stereocenters. The predicted octanol–water partition coefficient (Wildman–Crippen LogP) is 5.56. The third kappa shape index (κ3) is 5.33. The lowest BCUT2D eigenvalue weighted by Gasteiger charge is -2.14. The van der Waals surface area contributed by atoms with Crippen LogP contribution in [-0.4, -0.2) is 24.9 Å². The molecule has 0 saturated carbocycles. The molecule has 1 N–H and O–H groups in total. The van der Waals surface area contributed by atoms with E-state index in [1.807, 2.05) is 53.9 Å². The molecular formula is C23H23N3O2S. The molecule has 0 spiro atoms. The average Bonchev–Trinajstić information content (AvgIpc) is 3.22. The number of hydrogen-bond acceptors (Lipinski definition) is 6. The van der Waals surface area contributed by atoms with Crippen molar-refractivity contribution in [3.8, 4) is 22.8 Å². The van der Waals surface area contributed by atoms with Crippen molar-refractivity contribution in [1.29, 1.82) is 0 Å². The second kappa shape index (κ2) is 10.2. The fourth-order valence-corrected chi connectivity index (χ4v) is 3.42. The highest BCUT2D eigenvalue weighted by Gasteiger charge is 2.12. The quantitative estimate of drug-likeness (QED) is 0.273. The van der Waals surface area contributed by atoms with Gasteiger partial charge in [0.1, 0.15) is 6.61 Å². The smallest absolute Gasteiger partial charge is 0.203 e. The van der Waals surface area contributed by atoms with E-state index in [4.69, 9.17) is 9.47 Å². The van der Waals surface area contributed by atoms with Crippen LogP contribution in [-0.2, 0) is 6.42 Å². The van der Waals surface area contributed by atoms with Gasteiger partial charge in [0, 0.05) is 16.5 Å². The summed E-state index contributed by atoms with van der Waals surface area (Å²) in [6.45, 7) is 7.92. The van der Waals surface area contributed by atoms with E-state index in [1.165, 1.54) is 11.3 Å². The molecule has 1 aromatic heterocycles. The van der Waals surface area contributed by atoms with E-state index in [0.717, 1.165) is 27.5 Å². The topological polar surface area (TPSA) is 55.7 Å². The normalized spacial score (nSPS) is 10.7. The molecule has 1 heterocycles. The zero-order valence-electron chi connectivity index (χ0n) is 16.3. The predicted molar refractivity (Wildman–Crippen MR) is 121 cm³/mol. The van der Waals surface area contributed by atoms with Gasteiger partial charge in [-0.2, -0.15) is 5.10 Å². The number of ether oxygens (including phenoxy) is 2. The summed E-state index contributed by atoms with van der Waals surface area (Å²) in [5.41, 5.74) is 6.86. The molecule has 5 nitrogen and oxygen atoms in total. The van der Waals surface area contributed by atoms with Crippen LogP contribution in [0.15, 0.2) is 78.3 Å². The molecule has 0 aliphatic carbocycles. The second-order valence-electron chi connectivity index (χ2n) is 6.08. The minimum atomic E-state index is 0.406. The van der Waals surface area contributed by atoms with Gasteiger partial charge in [0.25, 0.3) is 0 Å². The first-order chi connectivity index (χ1) is 14.2. The van der Waals surface area contributed by atoms with Crippen LogP contribution in [0.3, 0.4) is 0 Å². The van der Waals surface area contributed by atoms with Crippen LogP contribution in [0.5, 0.6) is 11.5 Å². The van der Waals surface area contributed by atoms with Crippen LogP contribution in [0.1, 0.15) is 11.1 Å². The summed E-state index contributed by atoms with van der Waals surface area (Å²) in [6.07, 6.45) is 5.92. The van der Waals surface area contributed by atoms with Crippen molar-refractivity contribution in [2.75, 3.05) is 19.1 Å². The number of nitrogens with zero attached hydrogens (tertiary/aromatic N) is 2. The Balaban J connectivity index is 1.76. The zero-order valence-corrected chi connectivity index (χ0v) is 17.1. The average molecular weight is 406 g/mol. The number of methoxy groups -OCH3 is 1. The standard InChI is InChI=1S/C23H23N3O2S/c1-4-9-19-13-17(14-21(27-3)22(19)28-12-5-2)15-24-26-23-25-20(16-29-23)18-10-7-6-8-11-18/h4-8,10-11,13-16H,1-2,9,12H2,3H3,(H,25,26). The molecule has 0 atom stereocenters. The van der Waals surface area contributed by atoms with Crippen molar-refractivity contribution in [2.45, 2.75) is 6.42 Å². The summed E-state index contributed by atoms with van der Waals surface area (Å²) in [5.74, 6) is 1.35. The first-order valence-electron chi connectivity index (χ1n) is 9.10. The molecule has 6 heteroatoms. The van der Waals surface area contributed by atoms with E-state index in [9.17, 15) is 0 Å². The Bertz CT molecular complexity index is 997. The highest BCUT2D eigenvalue weighted by molar-refractivity contribution is 7.14.